The summed E-state index contributed by atoms with van der Waals surface area (Å²) in [6, 6.07) is 15.5. The molecule has 0 radical (unpaired) electrons. The Morgan fingerprint density at radius 3 is 2.54 bits per heavy atom. The lowest BCUT2D eigenvalue weighted by molar-refractivity contribution is -0.121. The van der Waals surface area contributed by atoms with Crippen LogP contribution in [0.2, 0.25) is 0 Å². The molecule has 2 aromatic rings. The molecular formula is C22H25N3O3. The van der Waals surface area contributed by atoms with Crippen LogP contribution < -0.4 is 5.32 Å². The fourth-order valence-electron chi connectivity index (χ4n) is 3.56. The van der Waals surface area contributed by atoms with Crippen molar-refractivity contribution >= 4 is 17.5 Å². The highest BCUT2D eigenvalue weighted by Crippen LogP contribution is 2.25. The van der Waals surface area contributed by atoms with Crippen molar-refractivity contribution in [3.05, 3.63) is 59.7 Å². The molecule has 0 aromatic heterocycles. The topological polar surface area (TPSA) is 71.0 Å². The Labute approximate surface area is 165 Å². The van der Waals surface area contributed by atoms with Crippen LogP contribution in [-0.2, 0) is 9.63 Å². The van der Waals surface area contributed by atoms with E-state index in [1.807, 2.05) is 36.4 Å². The van der Waals surface area contributed by atoms with Crippen molar-refractivity contribution in [3.63, 3.8) is 0 Å². The van der Waals surface area contributed by atoms with Gasteiger partial charge in [0.15, 0.2) is 0 Å². The second-order valence-electron chi connectivity index (χ2n) is 6.90. The number of likely N-dealkylation sites (tertiary alicyclic amines) is 1. The molecule has 0 bridgehead atoms. The summed E-state index contributed by atoms with van der Waals surface area (Å²) < 4.78 is 0. The van der Waals surface area contributed by atoms with Crippen LogP contribution in [0.4, 0.5) is 0 Å². The van der Waals surface area contributed by atoms with Gasteiger partial charge in [-0.2, -0.15) is 0 Å². The van der Waals surface area contributed by atoms with E-state index >= 15 is 0 Å². The highest BCUT2D eigenvalue weighted by atomic mass is 16.6. The Morgan fingerprint density at radius 2 is 1.89 bits per heavy atom. The van der Waals surface area contributed by atoms with E-state index in [0.717, 1.165) is 16.8 Å². The minimum absolute atomic E-state index is 0.101. The molecule has 3 rings (SSSR count). The lowest BCUT2D eigenvalue weighted by Gasteiger charge is -2.23. The highest BCUT2D eigenvalue weighted by molar-refractivity contribution is 6.01. The zero-order chi connectivity index (χ0) is 20.1. The minimum atomic E-state index is -0.225. The van der Waals surface area contributed by atoms with E-state index in [9.17, 15) is 9.59 Å². The van der Waals surface area contributed by atoms with Gasteiger partial charge in [-0.3, -0.25) is 9.59 Å². The Morgan fingerprint density at radius 1 is 1.18 bits per heavy atom. The summed E-state index contributed by atoms with van der Waals surface area (Å²) in [7, 11) is 3.08. The number of hydrogen-bond acceptors (Lipinski definition) is 4. The average Bonchev–Trinajstić information content (AvgIpc) is 3.10. The van der Waals surface area contributed by atoms with E-state index < -0.39 is 0 Å². The van der Waals surface area contributed by atoms with Crippen LogP contribution in [0.15, 0.2) is 53.7 Å². The molecule has 1 atom stereocenters. The van der Waals surface area contributed by atoms with Crippen molar-refractivity contribution in [1.82, 2.24) is 10.2 Å². The predicted octanol–water partition coefficient (Wildman–Crippen LogP) is 3.02. The average molecular weight is 379 g/mol. The molecule has 1 N–H and O–H groups in total. The summed E-state index contributed by atoms with van der Waals surface area (Å²) in [5, 5.41) is 6.61. The summed E-state index contributed by atoms with van der Waals surface area (Å²) in [6.07, 6.45) is 0.778. The molecule has 146 valence electrons. The Kier molecular flexibility index (Phi) is 6.09. The van der Waals surface area contributed by atoms with Gasteiger partial charge in [0.05, 0.1) is 12.3 Å². The molecule has 1 fully saturated rings. The first-order valence-corrected chi connectivity index (χ1v) is 9.30. The van der Waals surface area contributed by atoms with Gasteiger partial charge in [-0.15, -0.1) is 0 Å². The summed E-state index contributed by atoms with van der Waals surface area (Å²) in [6.45, 7) is 2.44. The molecule has 1 aliphatic heterocycles. The standard InChI is InChI=1S/C22H25N3O3/c1-15-6-4-5-7-20(15)16-8-10-17(11-9-16)22(27)25-14-18(24-28-3)12-19(25)13-21(26)23-2/h4-11,19H,12-14H2,1-3H3,(H,23,26)/t19-/m0/s1. The number of nitrogens with zero attached hydrogens (tertiary/aromatic N) is 2. The maximum atomic E-state index is 13.1. The van der Waals surface area contributed by atoms with Crippen molar-refractivity contribution < 1.29 is 14.4 Å². The van der Waals surface area contributed by atoms with E-state index in [-0.39, 0.29) is 24.3 Å². The van der Waals surface area contributed by atoms with Crippen LogP contribution in [0.1, 0.15) is 28.8 Å². The van der Waals surface area contributed by atoms with Crippen molar-refractivity contribution in [2.75, 3.05) is 20.7 Å². The van der Waals surface area contributed by atoms with Gasteiger partial charge in [-0.1, -0.05) is 41.6 Å². The largest absolute Gasteiger partial charge is 0.399 e. The molecule has 6 nitrogen and oxygen atoms in total. The molecule has 6 heteroatoms. The second kappa shape index (κ2) is 8.69. The summed E-state index contributed by atoms with van der Waals surface area (Å²) in [5.74, 6) is -0.206. The number of benzene rings is 2. The Hall–Kier alpha value is -3.15. The smallest absolute Gasteiger partial charge is 0.254 e. The van der Waals surface area contributed by atoms with Gasteiger partial charge in [0.25, 0.3) is 5.91 Å². The molecule has 2 aromatic carbocycles. The van der Waals surface area contributed by atoms with Gasteiger partial charge >= 0.3 is 0 Å². The normalized spacial score (nSPS) is 17.6. The quantitative estimate of drug-likeness (QED) is 0.812. The van der Waals surface area contributed by atoms with Crippen LogP contribution >= 0.6 is 0 Å². The molecule has 1 aliphatic rings. The van der Waals surface area contributed by atoms with Crippen LogP contribution in [0, 0.1) is 6.92 Å². The fourth-order valence-corrected chi connectivity index (χ4v) is 3.56. The number of oxime groups is 1. The monoisotopic (exact) mass is 379 g/mol. The molecule has 0 saturated carbocycles. The molecule has 1 heterocycles. The third kappa shape index (κ3) is 4.22. The first-order valence-electron chi connectivity index (χ1n) is 9.30. The van der Waals surface area contributed by atoms with Crippen molar-refractivity contribution in [3.8, 4) is 11.1 Å². The predicted molar refractivity (Wildman–Crippen MR) is 109 cm³/mol. The van der Waals surface area contributed by atoms with Crippen LogP contribution in [0.5, 0.6) is 0 Å². The Bertz CT molecular complexity index is 890. The van der Waals surface area contributed by atoms with Gasteiger partial charge in [0.1, 0.15) is 7.11 Å². The molecule has 28 heavy (non-hydrogen) atoms. The van der Waals surface area contributed by atoms with Crippen LogP contribution in [0.3, 0.4) is 0 Å². The maximum absolute atomic E-state index is 13.1. The SMILES string of the molecule is CNC(=O)C[C@@H]1CC(=NOC)CN1C(=O)c1ccc(-c2ccccc2C)cc1. The van der Waals surface area contributed by atoms with Crippen molar-refractivity contribution in [2.24, 2.45) is 5.16 Å². The first-order chi connectivity index (χ1) is 13.5. The third-order valence-corrected chi connectivity index (χ3v) is 5.03. The first kappa shape index (κ1) is 19.6. The van der Waals surface area contributed by atoms with E-state index in [2.05, 4.69) is 29.5 Å². The molecular weight excluding hydrogens is 354 g/mol. The number of nitrogens with one attached hydrogen (secondary N) is 1. The fraction of sp³-hybridized carbons (Fsp3) is 0.318. The molecule has 0 aliphatic carbocycles. The number of carbonyl (C=O) groups is 2. The lowest BCUT2D eigenvalue weighted by Crippen LogP contribution is -2.38. The lowest BCUT2D eigenvalue weighted by atomic mass is 9.99. The van der Waals surface area contributed by atoms with Gasteiger partial charge in [-0.05, 0) is 35.7 Å². The zero-order valence-corrected chi connectivity index (χ0v) is 16.4. The van der Waals surface area contributed by atoms with Gasteiger partial charge < -0.3 is 15.1 Å². The van der Waals surface area contributed by atoms with E-state index in [1.54, 1.807) is 11.9 Å². The Balaban J connectivity index is 1.82. The van der Waals surface area contributed by atoms with E-state index in [0.29, 0.717) is 18.5 Å². The minimum Gasteiger partial charge on any atom is -0.399 e. The van der Waals surface area contributed by atoms with E-state index in [4.69, 9.17) is 4.84 Å². The summed E-state index contributed by atoms with van der Waals surface area (Å²) >= 11 is 0. The van der Waals surface area contributed by atoms with E-state index in [1.165, 1.54) is 12.7 Å². The number of amides is 2. The molecule has 0 spiro atoms. The highest BCUT2D eigenvalue weighted by Gasteiger charge is 2.35. The molecule has 0 unspecified atom stereocenters. The van der Waals surface area contributed by atoms with Gasteiger partial charge in [0, 0.05) is 31.5 Å². The summed E-state index contributed by atoms with van der Waals surface area (Å²) in [4.78, 5) is 31.5. The summed E-state index contributed by atoms with van der Waals surface area (Å²) in [5.41, 5.74) is 4.76. The molecule has 1 saturated heterocycles. The zero-order valence-electron chi connectivity index (χ0n) is 16.4. The maximum Gasteiger partial charge on any atom is 0.254 e. The molecule has 2 amide bonds. The van der Waals surface area contributed by atoms with Gasteiger partial charge in [0.2, 0.25) is 5.91 Å². The number of carbonyl (C=O) groups excluding carboxylic acids is 2. The van der Waals surface area contributed by atoms with Crippen molar-refractivity contribution in [2.45, 2.75) is 25.8 Å². The third-order valence-electron chi connectivity index (χ3n) is 5.03. The number of aryl methyl sites for hydroxylation is 1. The second-order valence-corrected chi connectivity index (χ2v) is 6.90. The van der Waals surface area contributed by atoms with Gasteiger partial charge in [-0.25, -0.2) is 0 Å². The van der Waals surface area contributed by atoms with Crippen LogP contribution in [-0.4, -0.2) is 49.2 Å². The van der Waals surface area contributed by atoms with Crippen LogP contribution in [0.25, 0.3) is 11.1 Å². The number of rotatable bonds is 5. The number of hydrogen-bond donors (Lipinski definition) is 1. The van der Waals surface area contributed by atoms with Crippen molar-refractivity contribution in [1.29, 1.82) is 0 Å².